The van der Waals surface area contributed by atoms with Crippen LogP contribution in [0.15, 0.2) is 24.3 Å². The number of benzene rings is 1. The smallest absolute Gasteiger partial charge is 0.251 e. The molecule has 0 unspecified atom stereocenters. The molecule has 3 amide bonds. The molecule has 1 aromatic carbocycles. The van der Waals surface area contributed by atoms with Gasteiger partial charge in [0.25, 0.3) is 5.91 Å². The van der Waals surface area contributed by atoms with Crippen LogP contribution >= 0.6 is 0 Å². The van der Waals surface area contributed by atoms with Crippen molar-refractivity contribution in [3.8, 4) is 0 Å². The first-order valence-corrected chi connectivity index (χ1v) is 7.57. The number of carbonyl (C=O) groups excluding carboxylic acids is 3. The van der Waals surface area contributed by atoms with Crippen molar-refractivity contribution < 1.29 is 19.1 Å². The molecule has 1 saturated heterocycles. The number of nitrogens with zero attached hydrogens (tertiary/aromatic N) is 1. The van der Waals surface area contributed by atoms with E-state index in [1.807, 2.05) is 0 Å². The summed E-state index contributed by atoms with van der Waals surface area (Å²) in [5.41, 5.74) is 1.12. The molecule has 1 aromatic rings. The van der Waals surface area contributed by atoms with E-state index in [0.717, 1.165) is 0 Å². The number of ether oxygens (including phenoxy) is 1. The molecular weight excluding hydrogens is 298 g/mol. The van der Waals surface area contributed by atoms with Gasteiger partial charge in [0, 0.05) is 44.2 Å². The zero-order valence-electron chi connectivity index (χ0n) is 13.1. The number of carbonyl (C=O) groups is 3. The van der Waals surface area contributed by atoms with Crippen molar-refractivity contribution in [1.29, 1.82) is 0 Å². The van der Waals surface area contributed by atoms with Gasteiger partial charge in [0.05, 0.1) is 13.2 Å². The quantitative estimate of drug-likeness (QED) is 0.833. The fourth-order valence-corrected chi connectivity index (χ4v) is 2.26. The fraction of sp³-hybridized carbons (Fsp3) is 0.438. The van der Waals surface area contributed by atoms with E-state index in [9.17, 15) is 14.4 Å². The van der Waals surface area contributed by atoms with Crippen LogP contribution in [0.3, 0.4) is 0 Å². The fourth-order valence-electron chi connectivity index (χ4n) is 2.26. The molecule has 1 fully saturated rings. The molecule has 7 heteroatoms. The summed E-state index contributed by atoms with van der Waals surface area (Å²) in [7, 11) is 1.56. The Morgan fingerprint density at radius 1 is 1.09 bits per heavy atom. The Morgan fingerprint density at radius 3 is 2.35 bits per heavy atom. The van der Waals surface area contributed by atoms with Crippen LogP contribution in [-0.4, -0.2) is 56.0 Å². The van der Waals surface area contributed by atoms with Crippen molar-refractivity contribution in [3.05, 3.63) is 29.8 Å². The summed E-state index contributed by atoms with van der Waals surface area (Å²) in [5.74, 6) is -0.434. The molecule has 0 saturated carbocycles. The number of amides is 3. The number of hydrogen-bond donors (Lipinski definition) is 2. The Kier molecular flexibility index (Phi) is 6.10. The average molecular weight is 319 g/mol. The lowest BCUT2D eigenvalue weighted by Gasteiger charge is -2.26. The second-order valence-electron chi connectivity index (χ2n) is 5.20. The SMILES string of the molecule is CNC(=O)c1ccc(NC(=O)CCC(=O)N2CCOCC2)cc1. The molecular formula is C16H21N3O4. The molecule has 0 spiro atoms. The summed E-state index contributed by atoms with van der Waals surface area (Å²) in [6.07, 6.45) is 0.315. The molecule has 0 aliphatic carbocycles. The minimum Gasteiger partial charge on any atom is -0.378 e. The van der Waals surface area contributed by atoms with E-state index in [1.165, 1.54) is 0 Å². The minimum absolute atomic E-state index is 0.0292. The highest BCUT2D eigenvalue weighted by atomic mass is 16.5. The summed E-state index contributed by atoms with van der Waals surface area (Å²) in [6, 6.07) is 6.58. The third kappa shape index (κ3) is 5.07. The van der Waals surface area contributed by atoms with Crippen LogP contribution in [-0.2, 0) is 14.3 Å². The predicted octanol–water partition coefficient (Wildman–Crippen LogP) is 0.624. The lowest BCUT2D eigenvalue weighted by Crippen LogP contribution is -2.40. The van der Waals surface area contributed by atoms with E-state index < -0.39 is 0 Å². The monoisotopic (exact) mass is 319 g/mol. The highest BCUT2D eigenvalue weighted by Crippen LogP contribution is 2.11. The first-order valence-electron chi connectivity index (χ1n) is 7.57. The number of anilines is 1. The van der Waals surface area contributed by atoms with Gasteiger partial charge in [0.15, 0.2) is 0 Å². The largest absolute Gasteiger partial charge is 0.378 e. The van der Waals surface area contributed by atoms with Crippen molar-refractivity contribution >= 4 is 23.4 Å². The molecule has 7 nitrogen and oxygen atoms in total. The molecule has 0 aromatic heterocycles. The van der Waals surface area contributed by atoms with E-state index in [4.69, 9.17) is 4.74 Å². The van der Waals surface area contributed by atoms with Crippen molar-refractivity contribution in [2.24, 2.45) is 0 Å². The maximum absolute atomic E-state index is 12.0. The van der Waals surface area contributed by atoms with E-state index in [2.05, 4.69) is 10.6 Å². The number of rotatable bonds is 5. The Hall–Kier alpha value is -2.41. The van der Waals surface area contributed by atoms with E-state index in [0.29, 0.717) is 37.6 Å². The lowest BCUT2D eigenvalue weighted by atomic mass is 10.2. The van der Waals surface area contributed by atoms with Gasteiger partial charge in [-0.05, 0) is 24.3 Å². The summed E-state index contributed by atoms with van der Waals surface area (Å²) < 4.78 is 5.19. The zero-order chi connectivity index (χ0) is 16.7. The molecule has 0 bridgehead atoms. The maximum Gasteiger partial charge on any atom is 0.251 e. The normalized spacial score (nSPS) is 14.2. The summed E-state index contributed by atoms with van der Waals surface area (Å²) in [4.78, 5) is 37.0. The molecule has 2 N–H and O–H groups in total. The van der Waals surface area contributed by atoms with Crippen LogP contribution in [0.5, 0.6) is 0 Å². The van der Waals surface area contributed by atoms with E-state index in [-0.39, 0.29) is 30.6 Å². The van der Waals surface area contributed by atoms with Crippen molar-refractivity contribution in [2.75, 3.05) is 38.7 Å². The van der Waals surface area contributed by atoms with Crippen molar-refractivity contribution in [1.82, 2.24) is 10.2 Å². The molecule has 1 aliphatic rings. The zero-order valence-corrected chi connectivity index (χ0v) is 13.1. The maximum atomic E-state index is 12.0. The van der Waals surface area contributed by atoms with Gasteiger partial charge in [-0.2, -0.15) is 0 Å². The van der Waals surface area contributed by atoms with Crippen LogP contribution < -0.4 is 10.6 Å². The van der Waals surface area contributed by atoms with Gasteiger partial charge in [-0.25, -0.2) is 0 Å². The van der Waals surface area contributed by atoms with Gasteiger partial charge in [-0.3, -0.25) is 14.4 Å². The van der Waals surface area contributed by atoms with Crippen LogP contribution in [0.1, 0.15) is 23.2 Å². The Balaban J connectivity index is 1.78. The van der Waals surface area contributed by atoms with Gasteiger partial charge in [0.1, 0.15) is 0 Å². The highest BCUT2D eigenvalue weighted by molar-refractivity contribution is 5.96. The molecule has 0 atom stereocenters. The van der Waals surface area contributed by atoms with Crippen molar-refractivity contribution in [3.63, 3.8) is 0 Å². The Labute approximate surface area is 135 Å². The third-order valence-electron chi connectivity index (χ3n) is 3.59. The van der Waals surface area contributed by atoms with Gasteiger partial charge < -0.3 is 20.3 Å². The molecule has 124 valence electrons. The number of nitrogens with one attached hydrogen (secondary N) is 2. The van der Waals surface area contributed by atoms with Crippen LogP contribution in [0.25, 0.3) is 0 Å². The molecule has 1 heterocycles. The molecule has 1 aliphatic heterocycles. The highest BCUT2D eigenvalue weighted by Gasteiger charge is 2.17. The topological polar surface area (TPSA) is 87.7 Å². The molecule has 2 rings (SSSR count). The predicted molar refractivity (Wildman–Crippen MR) is 85.1 cm³/mol. The van der Waals surface area contributed by atoms with Gasteiger partial charge in [-0.15, -0.1) is 0 Å². The standard InChI is InChI=1S/C16H21N3O4/c1-17-16(22)12-2-4-13(5-3-12)18-14(20)6-7-15(21)19-8-10-23-11-9-19/h2-5H,6-11H2,1H3,(H,17,22)(H,18,20). The first kappa shape index (κ1) is 17.0. The summed E-state index contributed by atoms with van der Waals surface area (Å²) in [6.45, 7) is 2.27. The summed E-state index contributed by atoms with van der Waals surface area (Å²) in [5, 5.41) is 5.25. The second-order valence-corrected chi connectivity index (χ2v) is 5.20. The van der Waals surface area contributed by atoms with Crippen molar-refractivity contribution in [2.45, 2.75) is 12.8 Å². The third-order valence-corrected chi connectivity index (χ3v) is 3.59. The van der Waals surface area contributed by atoms with E-state index in [1.54, 1.807) is 36.2 Å². The van der Waals surface area contributed by atoms with Crippen LogP contribution in [0.2, 0.25) is 0 Å². The minimum atomic E-state index is -0.223. The van der Waals surface area contributed by atoms with Crippen LogP contribution in [0.4, 0.5) is 5.69 Å². The van der Waals surface area contributed by atoms with E-state index >= 15 is 0 Å². The Morgan fingerprint density at radius 2 is 1.74 bits per heavy atom. The van der Waals surface area contributed by atoms with Gasteiger partial charge in [0.2, 0.25) is 11.8 Å². The average Bonchev–Trinajstić information content (AvgIpc) is 2.60. The first-order chi connectivity index (χ1) is 11.1. The Bertz CT molecular complexity index is 565. The van der Waals surface area contributed by atoms with Gasteiger partial charge >= 0.3 is 0 Å². The van der Waals surface area contributed by atoms with Gasteiger partial charge in [-0.1, -0.05) is 0 Å². The lowest BCUT2D eigenvalue weighted by molar-refractivity contribution is -0.136. The summed E-state index contributed by atoms with van der Waals surface area (Å²) >= 11 is 0. The molecule has 23 heavy (non-hydrogen) atoms. The second kappa shape index (κ2) is 8.28. The molecule has 0 radical (unpaired) electrons. The number of hydrogen-bond acceptors (Lipinski definition) is 4. The van der Waals surface area contributed by atoms with Crippen LogP contribution in [0, 0.1) is 0 Å². The number of morpholine rings is 1.